The standard InChI is InChI=1S/C27H31NO5/c1-17(2)14-15-32-24-12-10-21-18(3)22(27(31)33-26(21)19(24)4)11-13-25(30)28-16-23(29)20-8-6-5-7-9-20/h5-10,12,14,23,29H,11,13,15-16H2,1-4H3,(H,28,30). The van der Waals surface area contributed by atoms with Crippen LogP contribution in [0.2, 0.25) is 0 Å². The maximum Gasteiger partial charge on any atom is 0.339 e. The lowest BCUT2D eigenvalue weighted by molar-refractivity contribution is -0.121. The van der Waals surface area contributed by atoms with Crippen LogP contribution in [0.5, 0.6) is 5.75 Å². The van der Waals surface area contributed by atoms with Crippen LogP contribution in [0.3, 0.4) is 0 Å². The van der Waals surface area contributed by atoms with Gasteiger partial charge < -0.3 is 19.6 Å². The minimum absolute atomic E-state index is 0.114. The summed E-state index contributed by atoms with van der Waals surface area (Å²) in [6, 6.07) is 12.9. The first-order valence-corrected chi connectivity index (χ1v) is 11.1. The molecule has 2 N–H and O–H groups in total. The summed E-state index contributed by atoms with van der Waals surface area (Å²) in [5, 5.41) is 13.8. The second-order valence-electron chi connectivity index (χ2n) is 8.38. The molecule has 0 aliphatic carbocycles. The number of carbonyl (C=O) groups excluding carboxylic acids is 1. The minimum atomic E-state index is -0.779. The van der Waals surface area contributed by atoms with E-state index in [0.717, 1.165) is 22.1 Å². The van der Waals surface area contributed by atoms with Crippen molar-refractivity contribution in [3.05, 3.63) is 86.8 Å². The summed E-state index contributed by atoms with van der Waals surface area (Å²) >= 11 is 0. The van der Waals surface area contributed by atoms with Gasteiger partial charge in [0.1, 0.15) is 17.9 Å². The number of benzene rings is 2. The highest BCUT2D eigenvalue weighted by atomic mass is 16.5. The molecule has 1 heterocycles. The van der Waals surface area contributed by atoms with Gasteiger partial charge in [-0.05, 0) is 63.5 Å². The third-order valence-corrected chi connectivity index (χ3v) is 5.66. The number of allylic oxidation sites excluding steroid dienone is 1. The van der Waals surface area contributed by atoms with Gasteiger partial charge in [-0.1, -0.05) is 35.9 Å². The Kier molecular flexibility index (Phi) is 8.06. The summed E-state index contributed by atoms with van der Waals surface area (Å²) in [5.41, 5.74) is 4.03. The molecule has 0 aliphatic heterocycles. The van der Waals surface area contributed by atoms with Crippen LogP contribution in [0.4, 0.5) is 0 Å². The van der Waals surface area contributed by atoms with E-state index in [1.165, 1.54) is 5.57 Å². The van der Waals surface area contributed by atoms with Gasteiger partial charge in [0.05, 0.1) is 6.10 Å². The summed E-state index contributed by atoms with van der Waals surface area (Å²) in [6.07, 6.45) is 1.59. The lowest BCUT2D eigenvalue weighted by atomic mass is 10.00. The average molecular weight is 450 g/mol. The van der Waals surface area contributed by atoms with Gasteiger partial charge in [-0.3, -0.25) is 4.79 Å². The number of ether oxygens (including phenoxy) is 1. The quantitative estimate of drug-likeness (QED) is 0.370. The number of nitrogens with one attached hydrogen (secondary N) is 1. The van der Waals surface area contributed by atoms with Gasteiger partial charge in [-0.25, -0.2) is 4.79 Å². The highest BCUT2D eigenvalue weighted by molar-refractivity contribution is 5.86. The number of aliphatic hydroxyl groups excluding tert-OH is 1. The van der Waals surface area contributed by atoms with Gasteiger partial charge in [0.15, 0.2) is 0 Å². The van der Waals surface area contributed by atoms with E-state index in [1.54, 1.807) is 12.1 Å². The van der Waals surface area contributed by atoms with Crippen molar-refractivity contribution in [1.82, 2.24) is 5.32 Å². The molecule has 1 atom stereocenters. The normalized spacial score (nSPS) is 11.8. The number of fused-ring (bicyclic) bond motifs is 1. The van der Waals surface area contributed by atoms with Crippen LogP contribution in [-0.2, 0) is 11.2 Å². The van der Waals surface area contributed by atoms with Gasteiger partial charge in [-0.15, -0.1) is 0 Å². The molecule has 1 unspecified atom stereocenters. The van der Waals surface area contributed by atoms with Crippen molar-refractivity contribution in [1.29, 1.82) is 0 Å². The number of hydrogen-bond acceptors (Lipinski definition) is 5. The van der Waals surface area contributed by atoms with E-state index >= 15 is 0 Å². The predicted molar refractivity (Wildman–Crippen MR) is 130 cm³/mol. The second-order valence-corrected chi connectivity index (χ2v) is 8.38. The Labute approximate surface area is 193 Å². The fraction of sp³-hybridized carbons (Fsp3) is 0.333. The topological polar surface area (TPSA) is 88.8 Å². The Balaban J connectivity index is 1.68. The molecule has 3 aromatic rings. The van der Waals surface area contributed by atoms with Crippen molar-refractivity contribution >= 4 is 16.9 Å². The predicted octanol–water partition coefficient (Wildman–Crippen LogP) is 4.54. The first-order chi connectivity index (χ1) is 15.8. The molecule has 0 aliphatic rings. The van der Waals surface area contributed by atoms with E-state index in [1.807, 2.05) is 64.1 Å². The van der Waals surface area contributed by atoms with Gasteiger partial charge >= 0.3 is 5.63 Å². The highest BCUT2D eigenvalue weighted by Crippen LogP contribution is 2.29. The van der Waals surface area contributed by atoms with Crippen molar-refractivity contribution in [2.45, 2.75) is 46.6 Å². The molecule has 6 nitrogen and oxygen atoms in total. The lowest BCUT2D eigenvalue weighted by Gasteiger charge is -2.14. The maximum atomic E-state index is 12.7. The smallest absolute Gasteiger partial charge is 0.339 e. The van der Waals surface area contributed by atoms with E-state index in [0.29, 0.717) is 23.5 Å². The Morgan fingerprint density at radius 1 is 1.12 bits per heavy atom. The minimum Gasteiger partial charge on any atom is -0.489 e. The second kappa shape index (κ2) is 11.0. The zero-order chi connectivity index (χ0) is 24.0. The van der Waals surface area contributed by atoms with Crippen molar-refractivity contribution in [3.63, 3.8) is 0 Å². The Morgan fingerprint density at radius 2 is 1.85 bits per heavy atom. The van der Waals surface area contributed by atoms with Crippen LogP contribution in [0.25, 0.3) is 11.0 Å². The van der Waals surface area contributed by atoms with Crippen LogP contribution in [0.15, 0.2) is 63.3 Å². The Morgan fingerprint density at radius 3 is 2.55 bits per heavy atom. The summed E-state index contributed by atoms with van der Waals surface area (Å²) in [7, 11) is 0. The molecule has 2 aromatic carbocycles. The Bertz CT molecular complexity index is 1210. The zero-order valence-corrected chi connectivity index (χ0v) is 19.6. The fourth-order valence-electron chi connectivity index (χ4n) is 3.64. The summed E-state index contributed by atoms with van der Waals surface area (Å²) < 4.78 is 11.4. The zero-order valence-electron chi connectivity index (χ0n) is 19.6. The van der Waals surface area contributed by atoms with Crippen molar-refractivity contribution in [2.75, 3.05) is 13.2 Å². The lowest BCUT2D eigenvalue weighted by Crippen LogP contribution is -2.29. The maximum absolute atomic E-state index is 12.7. The molecule has 174 valence electrons. The summed E-state index contributed by atoms with van der Waals surface area (Å²) in [6.45, 7) is 8.31. The molecule has 0 saturated carbocycles. The largest absolute Gasteiger partial charge is 0.489 e. The van der Waals surface area contributed by atoms with E-state index in [9.17, 15) is 14.7 Å². The van der Waals surface area contributed by atoms with Crippen LogP contribution < -0.4 is 15.7 Å². The molecular formula is C27H31NO5. The number of rotatable bonds is 9. The van der Waals surface area contributed by atoms with Gasteiger partial charge in [-0.2, -0.15) is 0 Å². The van der Waals surface area contributed by atoms with Crippen LogP contribution >= 0.6 is 0 Å². The Hall–Kier alpha value is -3.38. The number of aryl methyl sites for hydroxylation is 2. The first kappa shape index (κ1) is 24.3. The van der Waals surface area contributed by atoms with Crippen molar-refractivity contribution in [3.8, 4) is 5.75 Å². The van der Waals surface area contributed by atoms with E-state index < -0.39 is 11.7 Å². The van der Waals surface area contributed by atoms with Crippen molar-refractivity contribution < 1.29 is 19.1 Å². The number of amides is 1. The number of aliphatic hydroxyl groups is 1. The third-order valence-electron chi connectivity index (χ3n) is 5.66. The van der Waals surface area contributed by atoms with E-state index in [-0.39, 0.29) is 25.3 Å². The molecule has 33 heavy (non-hydrogen) atoms. The van der Waals surface area contributed by atoms with Crippen LogP contribution in [0.1, 0.15) is 48.6 Å². The van der Waals surface area contributed by atoms with Gasteiger partial charge in [0.2, 0.25) is 5.91 Å². The first-order valence-electron chi connectivity index (χ1n) is 11.1. The molecule has 3 rings (SSSR count). The molecule has 0 fully saturated rings. The van der Waals surface area contributed by atoms with E-state index in [4.69, 9.17) is 9.15 Å². The number of hydrogen-bond donors (Lipinski definition) is 2. The SMILES string of the molecule is CC(C)=CCOc1ccc2c(C)c(CCC(=O)NCC(O)c3ccccc3)c(=O)oc2c1C. The van der Waals surface area contributed by atoms with Gasteiger partial charge in [0, 0.05) is 29.5 Å². The average Bonchev–Trinajstić information content (AvgIpc) is 2.79. The highest BCUT2D eigenvalue weighted by Gasteiger charge is 2.17. The summed E-state index contributed by atoms with van der Waals surface area (Å²) in [5.74, 6) is 0.440. The molecule has 1 aromatic heterocycles. The van der Waals surface area contributed by atoms with E-state index in [2.05, 4.69) is 5.32 Å². The van der Waals surface area contributed by atoms with Crippen LogP contribution in [-0.4, -0.2) is 24.2 Å². The molecular weight excluding hydrogens is 418 g/mol. The van der Waals surface area contributed by atoms with Crippen molar-refractivity contribution in [2.24, 2.45) is 0 Å². The molecule has 0 saturated heterocycles. The fourth-order valence-corrected chi connectivity index (χ4v) is 3.64. The third kappa shape index (κ3) is 6.11. The molecule has 0 radical (unpaired) electrons. The molecule has 1 amide bonds. The summed E-state index contributed by atoms with van der Waals surface area (Å²) in [4.78, 5) is 25.0. The monoisotopic (exact) mass is 449 g/mol. The molecule has 0 spiro atoms. The number of carbonyl (C=O) groups is 1. The van der Waals surface area contributed by atoms with Gasteiger partial charge in [0.25, 0.3) is 0 Å². The van der Waals surface area contributed by atoms with Crippen LogP contribution in [0, 0.1) is 13.8 Å². The molecule has 0 bridgehead atoms. The molecule has 6 heteroatoms.